The molecule has 0 radical (unpaired) electrons. The lowest BCUT2D eigenvalue weighted by Crippen LogP contribution is -2.40. The van der Waals surface area contributed by atoms with E-state index in [0.29, 0.717) is 11.6 Å². The quantitative estimate of drug-likeness (QED) is 0.633. The molecule has 0 bridgehead atoms. The Balaban J connectivity index is 1.60. The van der Waals surface area contributed by atoms with Crippen LogP contribution in [0.15, 0.2) is 42.5 Å². The van der Waals surface area contributed by atoms with Crippen molar-refractivity contribution in [3.8, 4) is 0 Å². The summed E-state index contributed by atoms with van der Waals surface area (Å²) in [4.78, 5) is 24.0. The SMILES string of the molecule is Cc1cc(/C=C/C(=O)NNC(=O)c2ccccc2)c(C)n1C1CCCCC1. The van der Waals surface area contributed by atoms with Crippen molar-refractivity contribution < 1.29 is 9.59 Å². The molecule has 142 valence electrons. The molecule has 2 amide bonds. The number of hydrazine groups is 1. The molecule has 27 heavy (non-hydrogen) atoms. The zero-order valence-electron chi connectivity index (χ0n) is 16.0. The van der Waals surface area contributed by atoms with Gasteiger partial charge in [0.2, 0.25) is 0 Å². The molecule has 1 aromatic heterocycles. The minimum absolute atomic E-state index is 0.340. The average Bonchev–Trinajstić information content (AvgIpc) is 2.99. The first-order valence-electron chi connectivity index (χ1n) is 9.58. The fraction of sp³-hybridized carbons (Fsp3) is 0.364. The standard InChI is InChI=1S/C22H27N3O2/c1-16-15-19(17(2)25(16)20-11-7-4-8-12-20)13-14-21(26)23-24-22(27)18-9-5-3-6-10-18/h3,5-6,9-10,13-15,20H,4,7-8,11-12H2,1-2H3,(H,23,26)(H,24,27)/b14-13+. The number of benzene rings is 1. The van der Waals surface area contributed by atoms with Gasteiger partial charge in [-0.15, -0.1) is 0 Å². The fourth-order valence-electron chi connectivity index (χ4n) is 3.86. The number of aromatic nitrogens is 1. The van der Waals surface area contributed by atoms with Gasteiger partial charge in [0.25, 0.3) is 11.8 Å². The number of amides is 2. The van der Waals surface area contributed by atoms with E-state index in [0.717, 1.165) is 5.56 Å². The Hall–Kier alpha value is -2.82. The van der Waals surface area contributed by atoms with Crippen LogP contribution in [0.5, 0.6) is 0 Å². The van der Waals surface area contributed by atoms with Crippen molar-refractivity contribution >= 4 is 17.9 Å². The van der Waals surface area contributed by atoms with Crippen LogP contribution in [0.1, 0.15) is 65.5 Å². The number of carbonyl (C=O) groups excluding carboxylic acids is 2. The van der Waals surface area contributed by atoms with Gasteiger partial charge in [0, 0.05) is 29.1 Å². The summed E-state index contributed by atoms with van der Waals surface area (Å²) in [5, 5.41) is 0. The van der Waals surface area contributed by atoms with E-state index in [1.54, 1.807) is 24.3 Å². The van der Waals surface area contributed by atoms with Crippen LogP contribution in [-0.4, -0.2) is 16.4 Å². The van der Waals surface area contributed by atoms with Crippen LogP contribution in [0, 0.1) is 13.8 Å². The zero-order chi connectivity index (χ0) is 19.2. The van der Waals surface area contributed by atoms with Gasteiger partial charge in [0.1, 0.15) is 0 Å². The monoisotopic (exact) mass is 365 g/mol. The fourth-order valence-corrected chi connectivity index (χ4v) is 3.86. The molecule has 5 nitrogen and oxygen atoms in total. The summed E-state index contributed by atoms with van der Waals surface area (Å²) in [6, 6.07) is 11.5. The van der Waals surface area contributed by atoms with Crippen molar-refractivity contribution in [3.63, 3.8) is 0 Å². The average molecular weight is 365 g/mol. The lowest BCUT2D eigenvalue weighted by molar-refractivity contribution is -0.117. The summed E-state index contributed by atoms with van der Waals surface area (Å²) in [5.41, 5.74) is 8.81. The van der Waals surface area contributed by atoms with Crippen molar-refractivity contribution in [2.45, 2.75) is 52.0 Å². The maximum atomic E-state index is 12.0. The molecule has 0 spiro atoms. The molecule has 5 heteroatoms. The number of rotatable bonds is 4. The molecule has 3 rings (SSSR count). The predicted octanol–water partition coefficient (Wildman–Crippen LogP) is 4.08. The Morgan fingerprint density at radius 1 is 1.04 bits per heavy atom. The molecule has 1 saturated carbocycles. The maximum absolute atomic E-state index is 12.0. The summed E-state index contributed by atoms with van der Waals surface area (Å²) < 4.78 is 2.41. The Labute approximate surface area is 160 Å². The number of aryl methyl sites for hydroxylation is 1. The van der Waals surface area contributed by atoms with Crippen LogP contribution < -0.4 is 10.9 Å². The normalized spacial score (nSPS) is 15.0. The van der Waals surface area contributed by atoms with Gasteiger partial charge in [-0.05, 0) is 56.5 Å². The molecule has 0 atom stereocenters. The molecule has 1 fully saturated rings. The number of hydrogen-bond acceptors (Lipinski definition) is 2. The highest BCUT2D eigenvalue weighted by molar-refractivity contribution is 5.97. The van der Waals surface area contributed by atoms with Crippen molar-refractivity contribution in [2.75, 3.05) is 0 Å². The highest BCUT2D eigenvalue weighted by atomic mass is 16.2. The topological polar surface area (TPSA) is 63.1 Å². The van der Waals surface area contributed by atoms with Crippen molar-refractivity contribution in [2.24, 2.45) is 0 Å². The smallest absolute Gasteiger partial charge is 0.269 e. The number of carbonyl (C=O) groups is 2. The van der Waals surface area contributed by atoms with Gasteiger partial charge in [-0.3, -0.25) is 20.4 Å². The first-order valence-corrected chi connectivity index (χ1v) is 9.58. The molecule has 1 heterocycles. The van der Waals surface area contributed by atoms with E-state index >= 15 is 0 Å². The predicted molar refractivity (Wildman–Crippen MR) is 107 cm³/mol. The molecule has 1 aromatic carbocycles. The summed E-state index contributed by atoms with van der Waals surface area (Å²) in [6.07, 6.45) is 9.63. The molecule has 0 saturated heterocycles. The van der Waals surface area contributed by atoms with Crippen molar-refractivity contribution in [1.29, 1.82) is 0 Å². The highest BCUT2D eigenvalue weighted by Crippen LogP contribution is 2.32. The Kier molecular flexibility index (Phi) is 6.12. The van der Waals surface area contributed by atoms with Crippen LogP contribution in [0.3, 0.4) is 0 Å². The van der Waals surface area contributed by atoms with Gasteiger partial charge in [0.05, 0.1) is 0 Å². The van der Waals surface area contributed by atoms with Gasteiger partial charge in [-0.1, -0.05) is 37.5 Å². The van der Waals surface area contributed by atoms with Gasteiger partial charge in [-0.2, -0.15) is 0 Å². The molecule has 0 unspecified atom stereocenters. The Morgan fingerprint density at radius 3 is 2.44 bits per heavy atom. The van der Waals surface area contributed by atoms with Crippen molar-refractivity contribution in [1.82, 2.24) is 15.4 Å². The van der Waals surface area contributed by atoms with E-state index < -0.39 is 0 Å². The van der Waals surface area contributed by atoms with E-state index in [-0.39, 0.29) is 11.8 Å². The molecule has 2 aromatic rings. The minimum Gasteiger partial charge on any atom is -0.346 e. The molecule has 1 aliphatic rings. The van der Waals surface area contributed by atoms with E-state index in [9.17, 15) is 9.59 Å². The molecule has 1 aliphatic carbocycles. The third-order valence-electron chi connectivity index (χ3n) is 5.21. The molecular formula is C22H27N3O2. The second kappa shape index (κ2) is 8.71. The van der Waals surface area contributed by atoms with E-state index in [2.05, 4.69) is 35.3 Å². The maximum Gasteiger partial charge on any atom is 0.269 e. The lowest BCUT2D eigenvalue weighted by Gasteiger charge is -2.26. The summed E-state index contributed by atoms with van der Waals surface area (Å²) in [6.45, 7) is 4.23. The van der Waals surface area contributed by atoms with E-state index in [4.69, 9.17) is 0 Å². The lowest BCUT2D eigenvalue weighted by atomic mass is 9.95. The third kappa shape index (κ3) is 4.67. The second-order valence-electron chi connectivity index (χ2n) is 7.13. The van der Waals surface area contributed by atoms with Crippen LogP contribution >= 0.6 is 0 Å². The number of nitrogens with zero attached hydrogens (tertiary/aromatic N) is 1. The first-order chi connectivity index (χ1) is 13.1. The molecular weight excluding hydrogens is 338 g/mol. The van der Waals surface area contributed by atoms with Gasteiger partial charge in [0.15, 0.2) is 0 Å². The Bertz CT molecular complexity index is 831. The molecule has 0 aliphatic heterocycles. The van der Waals surface area contributed by atoms with Crippen LogP contribution in [-0.2, 0) is 4.79 Å². The van der Waals surface area contributed by atoms with E-state index in [1.807, 2.05) is 12.1 Å². The van der Waals surface area contributed by atoms with Crippen LogP contribution in [0.2, 0.25) is 0 Å². The van der Waals surface area contributed by atoms with Gasteiger partial charge >= 0.3 is 0 Å². The Morgan fingerprint density at radius 2 is 1.74 bits per heavy atom. The largest absolute Gasteiger partial charge is 0.346 e. The number of hydrogen-bond donors (Lipinski definition) is 2. The second-order valence-corrected chi connectivity index (χ2v) is 7.13. The van der Waals surface area contributed by atoms with Gasteiger partial charge < -0.3 is 4.57 Å². The summed E-state index contributed by atoms with van der Waals surface area (Å²) >= 11 is 0. The molecule has 2 N–H and O–H groups in total. The van der Waals surface area contributed by atoms with Crippen LogP contribution in [0.25, 0.3) is 6.08 Å². The summed E-state index contributed by atoms with van der Waals surface area (Å²) in [7, 11) is 0. The highest BCUT2D eigenvalue weighted by Gasteiger charge is 2.19. The third-order valence-corrected chi connectivity index (χ3v) is 5.21. The van der Waals surface area contributed by atoms with Crippen molar-refractivity contribution in [3.05, 3.63) is 65.0 Å². The first kappa shape index (κ1) is 19.0. The minimum atomic E-state index is -0.359. The van der Waals surface area contributed by atoms with Gasteiger partial charge in [-0.25, -0.2) is 0 Å². The van der Waals surface area contributed by atoms with E-state index in [1.165, 1.54) is 49.6 Å². The zero-order valence-corrected chi connectivity index (χ0v) is 16.0. The van der Waals surface area contributed by atoms with Crippen LogP contribution in [0.4, 0.5) is 0 Å². The number of nitrogens with one attached hydrogen (secondary N) is 2. The summed E-state index contributed by atoms with van der Waals surface area (Å²) in [5.74, 6) is -0.699.